The van der Waals surface area contributed by atoms with Crippen molar-refractivity contribution in [1.82, 2.24) is 5.32 Å². The molecule has 0 fully saturated rings. The Bertz CT molecular complexity index is 1610. The summed E-state index contributed by atoms with van der Waals surface area (Å²) in [6, 6.07) is 3.47. The van der Waals surface area contributed by atoms with E-state index in [1.165, 1.54) is 6.07 Å². The molecule has 2 unspecified atom stereocenters. The van der Waals surface area contributed by atoms with Crippen molar-refractivity contribution in [3.63, 3.8) is 0 Å². The second-order valence-corrected chi connectivity index (χ2v) is 9.02. The number of benzene rings is 3. The maximum atomic E-state index is 15.1. The number of urea groups is 1. The molecule has 3 aromatic carbocycles. The summed E-state index contributed by atoms with van der Waals surface area (Å²) in [6.45, 7) is -0.484. The molecule has 8 nitrogen and oxygen atoms in total. The number of alkyl halides is 4. The van der Waals surface area contributed by atoms with Crippen LogP contribution in [-0.2, 0) is 6.18 Å². The summed E-state index contributed by atoms with van der Waals surface area (Å²) in [4.78, 5) is 29.6. The van der Waals surface area contributed by atoms with Gasteiger partial charge in [-0.1, -0.05) is 16.7 Å². The first-order chi connectivity index (χ1) is 18.4. The maximum Gasteiger partial charge on any atom is 0.416 e. The van der Waals surface area contributed by atoms with Crippen molar-refractivity contribution in [2.24, 2.45) is 5.11 Å². The van der Waals surface area contributed by atoms with Gasteiger partial charge in [-0.2, -0.15) is 13.2 Å². The molecule has 2 atom stereocenters. The van der Waals surface area contributed by atoms with E-state index in [1.807, 2.05) is 0 Å². The fourth-order valence-corrected chi connectivity index (χ4v) is 4.89. The number of halogens is 7. The normalized spacial score (nSPS) is 17.8. The molecule has 0 saturated carbocycles. The first-order valence-electron chi connectivity index (χ1n) is 11.0. The van der Waals surface area contributed by atoms with E-state index in [0.29, 0.717) is 12.1 Å². The molecule has 2 aliphatic heterocycles. The maximum absolute atomic E-state index is 15.1. The van der Waals surface area contributed by atoms with Gasteiger partial charge in [-0.05, 0) is 48.0 Å². The number of nitrogens with one attached hydrogen (secondary N) is 2. The van der Waals surface area contributed by atoms with Gasteiger partial charge in [0.15, 0.2) is 0 Å². The minimum Gasteiger partial charge on any atom is -0.327 e. The summed E-state index contributed by atoms with van der Waals surface area (Å²) in [5.41, 5.74) is 6.10. The van der Waals surface area contributed by atoms with Crippen molar-refractivity contribution in [2.45, 2.75) is 18.4 Å². The van der Waals surface area contributed by atoms with Crippen molar-refractivity contribution >= 4 is 40.6 Å². The van der Waals surface area contributed by atoms with Crippen LogP contribution in [0.5, 0.6) is 0 Å². The van der Waals surface area contributed by atoms with Crippen LogP contribution >= 0.6 is 11.6 Å². The summed E-state index contributed by atoms with van der Waals surface area (Å²) in [5, 5.41) is 8.35. The third-order valence-electron chi connectivity index (χ3n) is 6.24. The average molecular weight is 567 g/mol. The van der Waals surface area contributed by atoms with Gasteiger partial charge in [0.2, 0.25) is 0 Å². The molecule has 5 rings (SSSR count). The molecule has 39 heavy (non-hydrogen) atoms. The number of carbonyl (C=O) groups excluding carboxylic acids is 2. The van der Waals surface area contributed by atoms with Crippen LogP contribution in [0.1, 0.15) is 44.8 Å². The van der Waals surface area contributed by atoms with Crippen LogP contribution in [0.2, 0.25) is 5.02 Å². The Kier molecular flexibility index (Phi) is 6.31. The number of hydrogen-bond donors (Lipinski definition) is 2. The van der Waals surface area contributed by atoms with E-state index < -0.39 is 59.6 Å². The highest BCUT2D eigenvalue weighted by molar-refractivity contribution is 6.31. The largest absolute Gasteiger partial charge is 0.416 e. The first-order valence-corrected chi connectivity index (χ1v) is 11.4. The Morgan fingerprint density at radius 2 is 1.87 bits per heavy atom. The van der Waals surface area contributed by atoms with E-state index in [1.54, 1.807) is 0 Å². The molecule has 0 spiro atoms. The van der Waals surface area contributed by atoms with Crippen molar-refractivity contribution in [3.05, 3.63) is 97.4 Å². The Labute approximate surface area is 219 Å². The molecule has 3 aromatic rings. The van der Waals surface area contributed by atoms with Gasteiger partial charge in [-0.25, -0.2) is 18.0 Å². The van der Waals surface area contributed by atoms with Crippen LogP contribution in [-0.4, -0.2) is 18.5 Å². The SMILES string of the molecule is [N-]=[N+]=Nc1cc(NC(=O)c2cc(F)cc(C(F)(F)F)c2)c2c3c1C(F)CN3C(=O)NC2c1cc(F)ccc1Cl. The lowest BCUT2D eigenvalue weighted by Gasteiger charge is -2.35. The number of amides is 3. The Balaban J connectivity index is 1.72. The molecule has 3 amide bonds. The van der Waals surface area contributed by atoms with Gasteiger partial charge in [0.05, 0.1) is 23.8 Å². The molecule has 0 aromatic heterocycles. The van der Waals surface area contributed by atoms with Crippen molar-refractivity contribution < 1.29 is 35.9 Å². The van der Waals surface area contributed by atoms with Crippen LogP contribution < -0.4 is 15.5 Å². The lowest BCUT2D eigenvalue weighted by atomic mass is 9.90. The smallest absolute Gasteiger partial charge is 0.327 e. The van der Waals surface area contributed by atoms with Crippen molar-refractivity contribution in [2.75, 3.05) is 16.8 Å². The summed E-state index contributed by atoms with van der Waals surface area (Å²) in [6.07, 6.45) is -6.76. The predicted molar refractivity (Wildman–Crippen MR) is 128 cm³/mol. The zero-order valence-corrected chi connectivity index (χ0v) is 19.9. The average Bonchev–Trinajstić information content (AvgIpc) is 3.21. The lowest BCUT2D eigenvalue weighted by molar-refractivity contribution is -0.137. The van der Waals surface area contributed by atoms with Crippen LogP contribution in [0.4, 0.5) is 48.2 Å². The van der Waals surface area contributed by atoms with Gasteiger partial charge < -0.3 is 10.6 Å². The highest BCUT2D eigenvalue weighted by atomic mass is 35.5. The summed E-state index contributed by atoms with van der Waals surface area (Å²) in [5.74, 6) is -3.27. The quantitative estimate of drug-likeness (QED) is 0.148. The standard InChI is InChI=1S/C24H13ClF6N6O2/c25-14-2-1-11(26)6-13(14)20-19-16(33-22(38)9-3-10(24(29,30)31)5-12(27)4-9)7-17(35-36-32)18-15(28)8-37(21(18)19)23(39)34-20/h1-7,15,20H,8H2,(H,33,38)(H,34,39). The lowest BCUT2D eigenvalue weighted by Crippen LogP contribution is -2.46. The molecule has 200 valence electrons. The van der Waals surface area contributed by atoms with E-state index in [2.05, 4.69) is 20.7 Å². The monoisotopic (exact) mass is 566 g/mol. The Hall–Kier alpha value is -4.42. The van der Waals surface area contributed by atoms with Crippen LogP contribution in [0.3, 0.4) is 0 Å². The van der Waals surface area contributed by atoms with E-state index in [-0.39, 0.29) is 44.8 Å². The zero-order chi connectivity index (χ0) is 28.2. The number of azide groups is 1. The van der Waals surface area contributed by atoms with Gasteiger partial charge >= 0.3 is 12.2 Å². The molecule has 2 heterocycles. The molecule has 15 heteroatoms. The summed E-state index contributed by atoms with van der Waals surface area (Å²) >= 11 is 6.27. The topological polar surface area (TPSA) is 110 Å². The van der Waals surface area contributed by atoms with Gasteiger partial charge in [0.25, 0.3) is 5.91 Å². The van der Waals surface area contributed by atoms with Gasteiger partial charge in [0.1, 0.15) is 17.8 Å². The fourth-order valence-electron chi connectivity index (χ4n) is 4.66. The fraction of sp³-hybridized carbons (Fsp3) is 0.167. The number of hydrogen-bond acceptors (Lipinski definition) is 3. The third-order valence-corrected chi connectivity index (χ3v) is 6.59. The van der Waals surface area contributed by atoms with E-state index in [4.69, 9.17) is 17.1 Å². The second-order valence-electron chi connectivity index (χ2n) is 8.62. The molecule has 2 N–H and O–H groups in total. The molecular formula is C24H13ClF6N6O2. The second kappa shape index (κ2) is 9.40. The van der Waals surface area contributed by atoms with E-state index >= 15 is 4.39 Å². The van der Waals surface area contributed by atoms with Crippen LogP contribution in [0, 0.1) is 11.6 Å². The summed E-state index contributed by atoms with van der Waals surface area (Å²) in [7, 11) is 0. The number of nitrogens with zero attached hydrogens (tertiary/aromatic N) is 4. The highest BCUT2D eigenvalue weighted by Crippen LogP contribution is 2.53. The Morgan fingerprint density at radius 3 is 2.56 bits per heavy atom. The molecule has 0 saturated heterocycles. The molecule has 0 radical (unpaired) electrons. The minimum atomic E-state index is -4.95. The van der Waals surface area contributed by atoms with Crippen LogP contribution in [0.15, 0.2) is 47.6 Å². The summed E-state index contributed by atoms with van der Waals surface area (Å²) < 4.78 is 82.9. The van der Waals surface area contributed by atoms with Crippen molar-refractivity contribution in [1.29, 1.82) is 0 Å². The minimum absolute atomic E-state index is 0.00459. The predicted octanol–water partition coefficient (Wildman–Crippen LogP) is 7.47. The molecule has 2 aliphatic rings. The van der Waals surface area contributed by atoms with Crippen molar-refractivity contribution in [3.8, 4) is 0 Å². The highest BCUT2D eigenvalue weighted by Gasteiger charge is 2.44. The Morgan fingerprint density at radius 1 is 1.13 bits per heavy atom. The zero-order valence-electron chi connectivity index (χ0n) is 19.2. The number of rotatable bonds is 4. The van der Waals surface area contributed by atoms with E-state index in [9.17, 15) is 31.5 Å². The van der Waals surface area contributed by atoms with Gasteiger partial charge in [-0.3, -0.25) is 9.69 Å². The van der Waals surface area contributed by atoms with Crippen LogP contribution in [0.25, 0.3) is 10.4 Å². The first kappa shape index (κ1) is 26.2. The van der Waals surface area contributed by atoms with Gasteiger partial charge in [0, 0.05) is 43.6 Å². The molecule has 0 aliphatic carbocycles. The number of carbonyl (C=O) groups is 2. The molecule has 0 bridgehead atoms. The van der Waals surface area contributed by atoms with Gasteiger partial charge in [-0.15, -0.1) is 0 Å². The molecular weight excluding hydrogens is 554 g/mol. The third kappa shape index (κ3) is 4.57. The number of anilines is 2. The van der Waals surface area contributed by atoms with E-state index in [0.717, 1.165) is 23.1 Å².